The molecule has 20 rings (SSSR count). The van der Waals surface area contributed by atoms with E-state index in [2.05, 4.69) is 334 Å². The highest BCUT2D eigenvalue weighted by molar-refractivity contribution is 8.00. The Hall–Kier alpha value is -11.2. The minimum Gasteiger partial charge on any atom is -0.444 e. The third-order valence-corrected chi connectivity index (χ3v) is 21.0. The minimum atomic E-state index is -0.138. The molecule has 0 saturated carbocycles. The van der Waals surface area contributed by atoms with E-state index >= 15 is 0 Å². The fraction of sp³-hybridized carbons (Fsp3) is 0. The monoisotopic (exact) mass is 1170 g/mol. The highest BCUT2D eigenvalue weighted by Crippen LogP contribution is 2.53. The van der Waals surface area contributed by atoms with Gasteiger partial charge in [-0.05, 0) is 175 Å². The number of fused-ring (bicyclic) bond motifs is 14. The smallest absolute Gasteiger partial charge is 0.316 e. The van der Waals surface area contributed by atoms with E-state index in [4.69, 9.17) is 0 Å². The molecule has 2 aromatic heterocycles. The van der Waals surface area contributed by atoms with Crippen molar-refractivity contribution in [3.63, 3.8) is 0 Å². The lowest BCUT2D eigenvalue weighted by Crippen LogP contribution is -2.74. The fourth-order valence-electron chi connectivity index (χ4n) is 16.0. The van der Waals surface area contributed by atoms with Crippen molar-refractivity contribution in [3.05, 3.63) is 315 Å². The summed E-state index contributed by atoms with van der Waals surface area (Å²) in [6.45, 7) is -0.234. The highest BCUT2D eigenvalue weighted by Gasteiger charge is 2.53. The van der Waals surface area contributed by atoms with Crippen LogP contribution >= 0.6 is 11.8 Å². The molecule has 0 bridgehead atoms. The molecule has 0 spiro atoms. The van der Waals surface area contributed by atoms with Crippen molar-refractivity contribution in [1.29, 1.82) is 0 Å². The van der Waals surface area contributed by atoms with Crippen LogP contribution in [-0.4, -0.2) is 22.8 Å². The number of hydrogen-bond acceptors (Lipinski definition) is 3. The predicted molar refractivity (Wildman–Crippen MR) is 386 cm³/mol. The molecule has 0 radical (unpaired) electrons. The largest absolute Gasteiger partial charge is 0.444 e. The first-order valence-corrected chi connectivity index (χ1v) is 32.3. The van der Waals surface area contributed by atoms with Gasteiger partial charge in [-0.2, -0.15) is 0 Å². The molecule has 0 fully saturated rings. The summed E-state index contributed by atoms with van der Waals surface area (Å²) >= 11 is 1.93. The summed E-state index contributed by atoms with van der Waals surface area (Å²) in [6, 6.07) is 118. The normalized spacial score (nSPS) is 13.1. The van der Waals surface area contributed by atoms with Crippen LogP contribution in [0.5, 0.6) is 0 Å². The Kier molecular flexibility index (Phi) is 10.9. The zero-order chi connectivity index (χ0) is 59.4. The van der Waals surface area contributed by atoms with Crippen LogP contribution in [0.1, 0.15) is 0 Å². The van der Waals surface area contributed by atoms with Crippen molar-refractivity contribution in [2.75, 3.05) is 9.62 Å². The summed E-state index contributed by atoms with van der Waals surface area (Å²) < 4.78 is 7.95. The topological polar surface area (TPSA) is 16.3 Å². The number of hydrogen-bond donors (Lipinski definition) is 0. The van der Waals surface area contributed by atoms with Gasteiger partial charge in [0.25, 0.3) is 0 Å². The van der Waals surface area contributed by atoms with Gasteiger partial charge < -0.3 is 18.8 Å². The fourth-order valence-corrected chi connectivity index (χ4v) is 17.2. The molecule has 14 aromatic carbocycles. The molecule has 0 unspecified atom stereocenters. The molecule has 0 aliphatic carbocycles. The van der Waals surface area contributed by atoms with Gasteiger partial charge in [-0.15, -0.1) is 0 Å². The van der Waals surface area contributed by atoms with E-state index in [1.165, 1.54) is 159 Å². The number of rotatable bonds is 7. The van der Waals surface area contributed by atoms with Crippen molar-refractivity contribution in [2.24, 2.45) is 0 Å². The Morgan fingerprint density at radius 1 is 0.253 bits per heavy atom. The van der Waals surface area contributed by atoms with Crippen LogP contribution < -0.4 is 31.5 Å². The molecular weight excluding hydrogens is 1120 g/mol. The highest BCUT2D eigenvalue weighted by atomic mass is 32.2. The second-order valence-corrected chi connectivity index (χ2v) is 25.8. The van der Waals surface area contributed by atoms with Crippen molar-refractivity contribution in [2.45, 2.75) is 9.79 Å². The van der Waals surface area contributed by atoms with E-state index < -0.39 is 0 Å². The molecule has 0 amide bonds. The van der Waals surface area contributed by atoms with Gasteiger partial charge in [0, 0.05) is 76.6 Å². The SMILES string of the molecule is c1ccc(-c2ccc3c(c2)c2cc(-c4ccccc4)ccc2n3-c2cc3c4c(c2)-c2cccc5c2N(B4c2ccccc2S3)B2c3ccccc3N(c3ccccc3)c3cc(-n4c6ccc(-c7ccccc7)cc6c6cc(-c7ccccc7)ccc64)cc-5c32)cc1. The van der Waals surface area contributed by atoms with E-state index in [1.54, 1.807) is 0 Å². The number of anilines is 4. The maximum absolute atomic E-state index is 2.86. The van der Waals surface area contributed by atoms with Gasteiger partial charge in [0.05, 0.1) is 22.1 Å². The van der Waals surface area contributed by atoms with Gasteiger partial charge in [-0.25, -0.2) is 0 Å². The molecule has 4 aliphatic rings. The van der Waals surface area contributed by atoms with E-state index in [9.17, 15) is 0 Å². The van der Waals surface area contributed by atoms with Crippen LogP contribution in [-0.2, 0) is 0 Å². The summed E-state index contributed by atoms with van der Waals surface area (Å²) in [4.78, 5) is 5.13. The van der Waals surface area contributed by atoms with Crippen LogP contribution in [0.4, 0.5) is 22.7 Å². The van der Waals surface area contributed by atoms with Crippen LogP contribution in [0.15, 0.2) is 325 Å². The summed E-state index contributed by atoms with van der Waals surface area (Å²) in [5, 5.41) is 4.92. The molecule has 0 atom stereocenters. The lowest BCUT2D eigenvalue weighted by atomic mass is 9.32. The molecule has 4 nitrogen and oxygen atoms in total. The Morgan fingerprint density at radius 3 is 1.15 bits per heavy atom. The van der Waals surface area contributed by atoms with Crippen LogP contribution in [0.3, 0.4) is 0 Å². The average molecular weight is 1170 g/mol. The first-order chi connectivity index (χ1) is 45.1. The van der Waals surface area contributed by atoms with Crippen molar-refractivity contribution < 1.29 is 0 Å². The van der Waals surface area contributed by atoms with Crippen molar-refractivity contribution in [3.8, 4) is 78.1 Å². The standard InChI is InChI=1S/C84H52B2N4S/c1-6-21-53(22-7-1)57-37-41-74-66(45-57)67-46-58(54-23-8-2-9-24-54)38-42-75(67)88(74)62-49-70-64-31-20-32-65-71-50-63(89-76-43-39-59(55-25-10-3-11-26-55)47-68(76)69-48-60(40-44-77(69)89)56-27-12-4-13-28-56)52-81-83(71)86(73-34-17-19-36-80(73)91-81)90(84(64)65)85-72-33-16-18-35-78(72)87(79(51-62)82(70)85)61-29-14-5-15-30-61/h1-52H. The Morgan fingerprint density at radius 2 is 0.659 bits per heavy atom. The van der Waals surface area contributed by atoms with Gasteiger partial charge >= 0.3 is 13.7 Å². The molecule has 420 valence electrons. The number of nitrogens with zero attached hydrogens (tertiary/aromatic N) is 4. The van der Waals surface area contributed by atoms with E-state index in [0.29, 0.717) is 0 Å². The van der Waals surface area contributed by atoms with Gasteiger partial charge in [-0.3, -0.25) is 0 Å². The molecule has 91 heavy (non-hydrogen) atoms. The molecule has 6 heterocycles. The minimum absolute atomic E-state index is 0.0953. The maximum Gasteiger partial charge on any atom is 0.316 e. The van der Waals surface area contributed by atoms with Crippen LogP contribution in [0.25, 0.3) is 122 Å². The molecular formula is C84H52B2N4S. The molecule has 0 N–H and O–H groups in total. The van der Waals surface area contributed by atoms with E-state index in [0.717, 1.165) is 17.1 Å². The molecule has 16 aromatic rings. The van der Waals surface area contributed by atoms with Crippen LogP contribution in [0, 0.1) is 0 Å². The third-order valence-electron chi connectivity index (χ3n) is 19.9. The van der Waals surface area contributed by atoms with Gasteiger partial charge in [0.2, 0.25) is 0 Å². The molecule has 4 aliphatic heterocycles. The zero-order valence-electron chi connectivity index (χ0n) is 49.4. The third kappa shape index (κ3) is 7.50. The Labute approximate surface area is 532 Å². The molecule has 7 heteroatoms. The van der Waals surface area contributed by atoms with Crippen molar-refractivity contribution in [1.82, 2.24) is 9.13 Å². The van der Waals surface area contributed by atoms with Crippen molar-refractivity contribution >= 4 is 114 Å². The summed E-state index contributed by atoms with van der Waals surface area (Å²) in [6.07, 6.45) is 0. The number of benzene rings is 14. The summed E-state index contributed by atoms with van der Waals surface area (Å²) in [5.74, 6) is 0. The Balaban J connectivity index is 0.863. The van der Waals surface area contributed by atoms with Gasteiger partial charge in [0.1, 0.15) is 0 Å². The van der Waals surface area contributed by atoms with Crippen LogP contribution in [0.2, 0.25) is 0 Å². The first-order valence-electron chi connectivity index (χ1n) is 31.5. The number of para-hydroxylation sites is 3. The second kappa shape index (κ2) is 19.6. The molecule has 0 saturated heterocycles. The van der Waals surface area contributed by atoms with E-state index in [1.807, 2.05) is 11.8 Å². The maximum atomic E-state index is 2.86. The lowest BCUT2D eigenvalue weighted by Gasteiger charge is -2.52. The lowest BCUT2D eigenvalue weighted by molar-refractivity contribution is 1.16. The Bertz CT molecular complexity index is 5510. The van der Waals surface area contributed by atoms with E-state index in [-0.39, 0.29) is 13.7 Å². The van der Waals surface area contributed by atoms with Gasteiger partial charge in [-0.1, -0.05) is 230 Å². The number of aromatic nitrogens is 2. The zero-order valence-corrected chi connectivity index (χ0v) is 50.2. The summed E-state index contributed by atoms with van der Waals surface area (Å²) in [5.41, 5.74) is 31.8. The summed E-state index contributed by atoms with van der Waals surface area (Å²) in [7, 11) is 0. The van der Waals surface area contributed by atoms with Gasteiger partial charge in [0.15, 0.2) is 0 Å². The second-order valence-electron chi connectivity index (χ2n) is 24.7. The predicted octanol–water partition coefficient (Wildman–Crippen LogP) is 19.2. The first kappa shape index (κ1) is 50.7. The quantitative estimate of drug-likeness (QED) is 0.148. The average Bonchev–Trinajstić information content (AvgIpc) is 1.07.